The van der Waals surface area contributed by atoms with Gasteiger partial charge in [0.2, 0.25) is 0 Å². The van der Waals surface area contributed by atoms with Crippen LogP contribution in [-0.2, 0) is 4.79 Å². The van der Waals surface area contributed by atoms with Crippen LogP contribution in [0.5, 0.6) is 0 Å². The van der Waals surface area contributed by atoms with E-state index in [4.69, 9.17) is 5.11 Å². The Morgan fingerprint density at radius 2 is 1.60 bits per heavy atom. The molecule has 2 nitrogen and oxygen atoms in total. The summed E-state index contributed by atoms with van der Waals surface area (Å²) < 4.78 is 0. The van der Waals surface area contributed by atoms with Crippen molar-refractivity contribution in [1.82, 2.24) is 0 Å². The molecule has 0 fully saturated rings. The van der Waals surface area contributed by atoms with Gasteiger partial charge in [-0.15, -0.1) is 0 Å². The van der Waals surface area contributed by atoms with Crippen molar-refractivity contribution in [2.75, 3.05) is 0 Å². The largest absolute Gasteiger partial charge is 0.481 e. The second-order valence-electron chi connectivity index (χ2n) is 4.43. The predicted molar refractivity (Wildman–Crippen MR) is 61.8 cm³/mol. The van der Waals surface area contributed by atoms with Gasteiger partial charge in [0, 0.05) is 0 Å². The van der Waals surface area contributed by atoms with Crippen LogP contribution in [0.3, 0.4) is 0 Å². The van der Waals surface area contributed by atoms with Gasteiger partial charge in [-0.3, -0.25) is 4.79 Å². The van der Waals surface area contributed by atoms with Crippen molar-refractivity contribution in [2.24, 2.45) is 5.92 Å². The summed E-state index contributed by atoms with van der Waals surface area (Å²) in [5, 5.41) is 8.99. The monoisotopic (exact) mass is 210 g/mol. The van der Waals surface area contributed by atoms with Crippen molar-refractivity contribution in [3.63, 3.8) is 0 Å². The molecule has 0 bridgehead atoms. The zero-order valence-corrected chi connectivity index (χ0v) is 9.45. The third-order valence-corrected chi connectivity index (χ3v) is 3.07. The van der Waals surface area contributed by atoms with E-state index in [2.05, 4.69) is 6.08 Å². The van der Waals surface area contributed by atoms with Crippen molar-refractivity contribution >= 4 is 5.97 Å². The van der Waals surface area contributed by atoms with Crippen molar-refractivity contribution < 1.29 is 9.90 Å². The fourth-order valence-corrected chi connectivity index (χ4v) is 2.07. The summed E-state index contributed by atoms with van der Waals surface area (Å²) in [6.45, 7) is 0. The average Bonchev–Trinajstić information content (AvgIpc) is 2.18. The molecule has 0 amide bonds. The van der Waals surface area contributed by atoms with E-state index in [1.165, 1.54) is 38.5 Å². The molecule has 2 heteroatoms. The molecule has 86 valence electrons. The van der Waals surface area contributed by atoms with Gasteiger partial charge in [-0.2, -0.15) is 0 Å². The van der Waals surface area contributed by atoms with Gasteiger partial charge in [-0.1, -0.05) is 50.7 Å². The number of rotatable bonds is 1. The van der Waals surface area contributed by atoms with Crippen molar-refractivity contribution in [2.45, 2.75) is 57.8 Å². The lowest BCUT2D eigenvalue weighted by atomic mass is 9.98. The molecule has 0 aliphatic heterocycles. The number of aliphatic carboxylic acids is 1. The maximum Gasteiger partial charge on any atom is 0.310 e. The predicted octanol–water partition coefficient (Wildman–Crippen LogP) is 3.77. The molecule has 0 aromatic rings. The van der Waals surface area contributed by atoms with Gasteiger partial charge in [0.25, 0.3) is 0 Å². The van der Waals surface area contributed by atoms with E-state index in [-0.39, 0.29) is 5.92 Å². The van der Waals surface area contributed by atoms with E-state index in [9.17, 15) is 4.79 Å². The number of carboxylic acids is 1. The molecular weight excluding hydrogens is 188 g/mol. The quantitative estimate of drug-likeness (QED) is 0.669. The maximum atomic E-state index is 10.9. The van der Waals surface area contributed by atoms with Crippen LogP contribution in [0.1, 0.15) is 57.8 Å². The first-order chi connectivity index (χ1) is 7.30. The Balaban J connectivity index is 2.41. The first-order valence-corrected chi connectivity index (χ1v) is 6.20. The molecule has 0 saturated heterocycles. The zero-order valence-electron chi connectivity index (χ0n) is 9.45. The van der Waals surface area contributed by atoms with Gasteiger partial charge in [-0.05, 0) is 19.3 Å². The summed E-state index contributed by atoms with van der Waals surface area (Å²) in [5.41, 5.74) is 0. The Hall–Kier alpha value is -0.790. The number of carbonyl (C=O) groups is 1. The Morgan fingerprint density at radius 3 is 2.27 bits per heavy atom. The molecule has 1 unspecified atom stereocenters. The highest BCUT2D eigenvalue weighted by atomic mass is 16.4. The number of hydrogen-bond acceptors (Lipinski definition) is 1. The van der Waals surface area contributed by atoms with Crippen LogP contribution in [0.25, 0.3) is 0 Å². The number of carboxylic acid groups (broad SMARTS) is 1. The van der Waals surface area contributed by atoms with Gasteiger partial charge in [-0.25, -0.2) is 0 Å². The first kappa shape index (κ1) is 12.3. The second kappa shape index (κ2) is 7.49. The molecule has 1 atom stereocenters. The molecule has 0 radical (unpaired) electrons. The van der Waals surface area contributed by atoms with Gasteiger partial charge >= 0.3 is 5.97 Å². The smallest absolute Gasteiger partial charge is 0.310 e. The normalized spacial score (nSPS) is 25.2. The van der Waals surface area contributed by atoms with E-state index in [1.807, 2.05) is 6.08 Å². The lowest BCUT2D eigenvalue weighted by Gasteiger charge is -2.08. The molecule has 1 N–H and O–H groups in total. The third-order valence-electron chi connectivity index (χ3n) is 3.07. The number of allylic oxidation sites excluding steroid dienone is 1. The Bertz CT molecular complexity index is 209. The summed E-state index contributed by atoms with van der Waals surface area (Å²) in [6, 6.07) is 0. The first-order valence-electron chi connectivity index (χ1n) is 6.20. The van der Waals surface area contributed by atoms with Gasteiger partial charge < -0.3 is 5.11 Å². The highest BCUT2D eigenvalue weighted by molar-refractivity contribution is 5.72. The molecule has 0 aromatic carbocycles. The van der Waals surface area contributed by atoms with Crippen LogP contribution in [0.15, 0.2) is 12.2 Å². The minimum absolute atomic E-state index is 0.246. The van der Waals surface area contributed by atoms with Gasteiger partial charge in [0.15, 0.2) is 0 Å². The topological polar surface area (TPSA) is 37.3 Å². The SMILES string of the molecule is O=C(O)C1C=CCCCCCCCCC1. The van der Waals surface area contributed by atoms with Crippen LogP contribution in [0.2, 0.25) is 0 Å². The molecule has 0 heterocycles. The summed E-state index contributed by atoms with van der Waals surface area (Å²) in [6.07, 6.45) is 14.5. The minimum Gasteiger partial charge on any atom is -0.481 e. The standard InChI is InChI=1S/C13H22O2/c14-13(15)12-10-8-6-4-2-1-3-5-7-9-11-12/h8,10,12H,1-7,9,11H2,(H,14,15). The molecule has 1 rings (SSSR count). The van der Waals surface area contributed by atoms with E-state index in [1.54, 1.807) is 0 Å². The Labute approximate surface area is 92.4 Å². The van der Waals surface area contributed by atoms with E-state index < -0.39 is 5.97 Å². The van der Waals surface area contributed by atoms with Crippen LogP contribution in [0, 0.1) is 5.92 Å². The molecule has 15 heavy (non-hydrogen) atoms. The molecule has 0 saturated carbocycles. The summed E-state index contributed by atoms with van der Waals surface area (Å²) in [4.78, 5) is 10.9. The fourth-order valence-electron chi connectivity index (χ4n) is 2.07. The van der Waals surface area contributed by atoms with Crippen molar-refractivity contribution in [3.05, 3.63) is 12.2 Å². The summed E-state index contributed by atoms with van der Waals surface area (Å²) >= 11 is 0. The Morgan fingerprint density at radius 1 is 1.00 bits per heavy atom. The summed E-state index contributed by atoms with van der Waals surface area (Å²) in [7, 11) is 0. The average molecular weight is 210 g/mol. The second-order valence-corrected chi connectivity index (χ2v) is 4.43. The van der Waals surface area contributed by atoms with E-state index >= 15 is 0 Å². The highest BCUT2D eigenvalue weighted by Crippen LogP contribution is 2.16. The van der Waals surface area contributed by atoms with Crippen molar-refractivity contribution in [3.8, 4) is 0 Å². The van der Waals surface area contributed by atoms with Crippen LogP contribution < -0.4 is 0 Å². The minimum atomic E-state index is -0.664. The van der Waals surface area contributed by atoms with Crippen molar-refractivity contribution in [1.29, 1.82) is 0 Å². The summed E-state index contributed by atoms with van der Waals surface area (Å²) in [5.74, 6) is -0.910. The highest BCUT2D eigenvalue weighted by Gasteiger charge is 2.12. The molecule has 0 spiro atoms. The van der Waals surface area contributed by atoms with Crippen LogP contribution in [-0.4, -0.2) is 11.1 Å². The molecule has 1 aliphatic carbocycles. The third kappa shape index (κ3) is 5.60. The fraction of sp³-hybridized carbons (Fsp3) is 0.769. The van der Waals surface area contributed by atoms with E-state index in [0.717, 1.165) is 19.3 Å². The zero-order chi connectivity index (χ0) is 10.9. The van der Waals surface area contributed by atoms with Crippen LogP contribution >= 0.6 is 0 Å². The molecular formula is C13H22O2. The van der Waals surface area contributed by atoms with E-state index in [0.29, 0.717) is 0 Å². The van der Waals surface area contributed by atoms with Gasteiger partial charge in [0.05, 0.1) is 5.92 Å². The maximum absolute atomic E-state index is 10.9. The lowest BCUT2D eigenvalue weighted by molar-refractivity contribution is -0.140. The van der Waals surface area contributed by atoms with Crippen LogP contribution in [0.4, 0.5) is 0 Å². The molecule has 1 aliphatic rings. The Kier molecular flexibility index (Phi) is 6.14. The lowest BCUT2D eigenvalue weighted by Crippen LogP contribution is -2.10. The number of hydrogen-bond donors (Lipinski definition) is 1. The van der Waals surface area contributed by atoms with Gasteiger partial charge in [0.1, 0.15) is 0 Å². The molecule has 0 aromatic heterocycles.